The fourth-order valence-corrected chi connectivity index (χ4v) is 3.47. The third-order valence-corrected chi connectivity index (χ3v) is 4.50. The lowest BCUT2D eigenvalue weighted by Gasteiger charge is -2.28. The van der Waals surface area contributed by atoms with Crippen LogP contribution in [0.2, 0.25) is 0 Å². The normalized spacial score (nSPS) is 32.2. The highest BCUT2D eigenvalue weighted by Gasteiger charge is 2.37. The molecule has 0 bridgehead atoms. The molecule has 1 aliphatic heterocycles. The smallest absolute Gasteiger partial charge is 0.0218 e. The van der Waals surface area contributed by atoms with Crippen LogP contribution in [0.1, 0.15) is 46.5 Å². The molecule has 3 atom stereocenters. The lowest BCUT2D eigenvalue weighted by Crippen LogP contribution is -2.43. The van der Waals surface area contributed by atoms with Crippen LogP contribution < -0.4 is 5.32 Å². The zero-order valence-electron chi connectivity index (χ0n) is 11.2. The van der Waals surface area contributed by atoms with Gasteiger partial charge in [-0.1, -0.05) is 27.2 Å². The quantitative estimate of drug-likeness (QED) is 0.772. The second-order valence-corrected chi connectivity index (χ2v) is 6.03. The van der Waals surface area contributed by atoms with Crippen LogP contribution >= 0.6 is 0 Å². The van der Waals surface area contributed by atoms with Gasteiger partial charge >= 0.3 is 0 Å². The summed E-state index contributed by atoms with van der Waals surface area (Å²) in [5, 5.41) is 3.60. The van der Waals surface area contributed by atoms with E-state index in [4.69, 9.17) is 0 Å². The van der Waals surface area contributed by atoms with Crippen LogP contribution in [0.4, 0.5) is 0 Å². The molecule has 3 unspecified atom stereocenters. The first-order chi connectivity index (χ1) is 7.70. The number of fused-ring (bicyclic) bond motifs is 1. The lowest BCUT2D eigenvalue weighted by molar-refractivity contribution is 0.210. The van der Waals surface area contributed by atoms with Gasteiger partial charge in [-0.05, 0) is 31.1 Å². The van der Waals surface area contributed by atoms with Gasteiger partial charge in [0.05, 0.1) is 0 Å². The van der Waals surface area contributed by atoms with Crippen molar-refractivity contribution in [2.24, 2.45) is 11.8 Å². The molecule has 0 aromatic heterocycles. The predicted molar refractivity (Wildman–Crippen MR) is 69.6 cm³/mol. The van der Waals surface area contributed by atoms with E-state index in [0.717, 1.165) is 17.9 Å². The second-order valence-electron chi connectivity index (χ2n) is 6.03. The Morgan fingerprint density at radius 3 is 2.31 bits per heavy atom. The van der Waals surface area contributed by atoms with Crippen molar-refractivity contribution in [3.63, 3.8) is 0 Å². The van der Waals surface area contributed by atoms with Crippen molar-refractivity contribution in [3.05, 3.63) is 0 Å². The molecule has 94 valence electrons. The average molecular weight is 224 g/mol. The molecule has 2 fully saturated rings. The van der Waals surface area contributed by atoms with Crippen LogP contribution in [0.3, 0.4) is 0 Å². The number of hydrogen-bond acceptors (Lipinski definition) is 2. The first-order valence-corrected chi connectivity index (χ1v) is 7.18. The SMILES string of the molecule is CCC(CNC(C)C)N1CC2CCCC2C1. The molecule has 1 N–H and O–H groups in total. The Hall–Kier alpha value is -0.0800. The molecule has 1 saturated carbocycles. The summed E-state index contributed by atoms with van der Waals surface area (Å²) in [5.41, 5.74) is 0. The van der Waals surface area contributed by atoms with Crippen molar-refractivity contribution in [1.29, 1.82) is 0 Å². The van der Waals surface area contributed by atoms with Crippen LogP contribution in [0, 0.1) is 11.8 Å². The summed E-state index contributed by atoms with van der Waals surface area (Å²) in [7, 11) is 0. The van der Waals surface area contributed by atoms with E-state index in [2.05, 4.69) is 31.0 Å². The highest BCUT2D eigenvalue weighted by atomic mass is 15.2. The molecule has 2 rings (SSSR count). The Kier molecular flexibility index (Phi) is 4.26. The third kappa shape index (κ3) is 2.78. The number of nitrogens with one attached hydrogen (secondary N) is 1. The summed E-state index contributed by atoms with van der Waals surface area (Å²) < 4.78 is 0. The van der Waals surface area contributed by atoms with Gasteiger partial charge in [-0.25, -0.2) is 0 Å². The summed E-state index contributed by atoms with van der Waals surface area (Å²) >= 11 is 0. The minimum absolute atomic E-state index is 0.621. The van der Waals surface area contributed by atoms with Crippen LogP contribution in [-0.4, -0.2) is 36.6 Å². The minimum Gasteiger partial charge on any atom is -0.313 e. The Morgan fingerprint density at radius 1 is 1.19 bits per heavy atom. The molecule has 0 spiro atoms. The molecular weight excluding hydrogens is 196 g/mol. The Balaban J connectivity index is 1.81. The van der Waals surface area contributed by atoms with Gasteiger partial charge < -0.3 is 5.32 Å². The van der Waals surface area contributed by atoms with Gasteiger partial charge in [-0.3, -0.25) is 4.90 Å². The zero-order valence-corrected chi connectivity index (χ0v) is 11.2. The van der Waals surface area contributed by atoms with E-state index < -0.39 is 0 Å². The maximum atomic E-state index is 3.60. The third-order valence-electron chi connectivity index (χ3n) is 4.50. The molecule has 0 amide bonds. The molecule has 1 heterocycles. The standard InChI is InChI=1S/C14H28N2/c1-4-14(8-15-11(2)3)16-9-12-6-5-7-13(12)10-16/h11-15H,4-10H2,1-3H3. The highest BCUT2D eigenvalue weighted by molar-refractivity contribution is 4.91. The molecule has 2 nitrogen and oxygen atoms in total. The molecule has 1 aliphatic carbocycles. The summed E-state index contributed by atoms with van der Waals surface area (Å²) in [4.78, 5) is 2.75. The van der Waals surface area contributed by atoms with Gasteiger partial charge in [-0.15, -0.1) is 0 Å². The van der Waals surface area contributed by atoms with Crippen LogP contribution in [0.25, 0.3) is 0 Å². The fourth-order valence-electron chi connectivity index (χ4n) is 3.47. The Morgan fingerprint density at radius 2 is 1.81 bits per heavy atom. The predicted octanol–water partition coefficient (Wildman–Crippen LogP) is 2.49. The first kappa shape index (κ1) is 12.4. The minimum atomic E-state index is 0.621. The average Bonchev–Trinajstić information content (AvgIpc) is 2.78. The second kappa shape index (κ2) is 5.50. The Labute approximate surface area is 101 Å². The van der Waals surface area contributed by atoms with Crippen molar-refractivity contribution in [1.82, 2.24) is 10.2 Å². The van der Waals surface area contributed by atoms with E-state index in [0.29, 0.717) is 6.04 Å². The topological polar surface area (TPSA) is 15.3 Å². The zero-order chi connectivity index (χ0) is 11.5. The maximum Gasteiger partial charge on any atom is 0.0218 e. The van der Waals surface area contributed by atoms with E-state index >= 15 is 0 Å². The maximum absolute atomic E-state index is 3.60. The first-order valence-electron chi connectivity index (χ1n) is 7.18. The van der Waals surface area contributed by atoms with Gasteiger partial charge in [0.15, 0.2) is 0 Å². The van der Waals surface area contributed by atoms with Crippen molar-refractivity contribution in [2.75, 3.05) is 19.6 Å². The van der Waals surface area contributed by atoms with Gasteiger partial charge in [0.2, 0.25) is 0 Å². The van der Waals surface area contributed by atoms with Crippen molar-refractivity contribution < 1.29 is 0 Å². The molecule has 0 aromatic rings. The fraction of sp³-hybridized carbons (Fsp3) is 1.00. The number of hydrogen-bond donors (Lipinski definition) is 1. The summed E-state index contributed by atoms with van der Waals surface area (Å²) in [6.45, 7) is 10.7. The molecule has 0 aromatic carbocycles. The molecule has 2 aliphatic rings. The largest absolute Gasteiger partial charge is 0.313 e. The Bertz CT molecular complexity index is 203. The van der Waals surface area contributed by atoms with Crippen LogP contribution in [-0.2, 0) is 0 Å². The summed E-state index contributed by atoms with van der Waals surface area (Å²) in [5.74, 6) is 2.07. The molecule has 16 heavy (non-hydrogen) atoms. The van der Waals surface area contributed by atoms with E-state index in [1.807, 2.05) is 0 Å². The van der Waals surface area contributed by atoms with Crippen LogP contribution in [0.5, 0.6) is 0 Å². The summed E-state index contributed by atoms with van der Waals surface area (Å²) in [6.07, 6.45) is 5.77. The lowest BCUT2D eigenvalue weighted by atomic mass is 10.0. The van der Waals surface area contributed by atoms with Gasteiger partial charge in [0, 0.05) is 31.7 Å². The monoisotopic (exact) mass is 224 g/mol. The van der Waals surface area contributed by atoms with E-state index in [1.54, 1.807) is 0 Å². The van der Waals surface area contributed by atoms with E-state index in [-0.39, 0.29) is 0 Å². The number of rotatable bonds is 5. The van der Waals surface area contributed by atoms with E-state index in [9.17, 15) is 0 Å². The molecule has 2 heteroatoms. The molecular formula is C14H28N2. The molecule has 0 radical (unpaired) electrons. The van der Waals surface area contributed by atoms with Crippen molar-refractivity contribution in [3.8, 4) is 0 Å². The van der Waals surface area contributed by atoms with Gasteiger partial charge in [0.25, 0.3) is 0 Å². The number of likely N-dealkylation sites (tertiary alicyclic amines) is 1. The van der Waals surface area contributed by atoms with Crippen molar-refractivity contribution >= 4 is 0 Å². The van der Waals surface area contributed by atoms with Gasteiger partial charge in [0.1, 0.15) is 0 Å². The highest BCUT2D eigenvalue weighted by Crippen LogP contribution is 2.38. The number of nitrogens with zero attached hydrogens (tertiary/aromatic N) is 1. The molecule has 1 saturated heterocycles. The summed E-state index contributed by atoms with van der Waals surface area (Å²) in [6, 6.07) is 1.39. The van der Waals surface area contributed by atoms with Crippen LogP contribution in [0.15, 0.2) is 0 Å². The van der Waals surface area contributed by atoms with Crippen molar-refractivity contribution in [2.45, 2.75) is 58.5 Å². The van der Waals surface area contributed by atoms with Gasteiger partial charge in [-0.2, -0.15) is 0 Å². The van der Waals surface area contributed by atoms with E-state index in [1.165, 1.54) is 45.3 Å².